The summed E-state index contributed by atoms with van der Waals surface area (Å²) in [5, 5.41) is 0.950. The topological polar surface area (TPSA) is 52.6 Å². The Morgan fingerprint density at radius 2 is 1.43 bits per heavy atom. The van der Waals surface area contributed by atoms with Crippen LogP contribution in [0.2, 0.25) is 10.0 Å². The monoisotopic (exact) mass is 414 g/mol. The number of hydrogen-bond acceptors (Lipinski definition) is 4. The molecule has 0 amide bonds. The van der Waals surface area contributed by atoms with Crippen molar-refractivity contribution in [2.45, 2.75) is 6.61 Å². The summed E-state index contributed by atoms with van der Waals surface area (Å²) in [5.74, 6) is -0.654. The number of carbonyl (C=O) groups is 2. The molecule has 28 heavy (non-hydrogen) atoms. The molecule has 0 saturated heterocycles. The lowest BCUT2D eigenvalue weighted by Crippen LogP contribution is -2.15. The van der Waals surface area contributed by atoms with E-state index in [0.717, 1.165) is 5.56 Å². The minimum atomic E-state index is -0.646. The molecular formula is C22H16Cl2O4. The van der Waals surface area contributed by atoms with Crippen LogP contribution in [0.25, 0.3) is 0 Å². The van der Waals surface area contributed by atoms with Gasteiger partial charge in [-0.05, 0) is 42.0 Å². The second-order valence-electron chi connectivity index (χ2n) is 5.89. The maximum Gasteiger partial charge on any atom is 0.342 e. The SMILES string of the molecule is O=C(COC(=O)c1ccccc1OCc1ccc(Cl)cc1)c1ccccc1Cl. The van der Waals surface area contributed by atoms with Crippen molar-refractivity contribution in [2.75, 3.05) is 6.61 Å². The van der Waals surface area contributed by atoms with Crippen molar-refractivity contribution >= 4 is 35.0 Å². The van der Waals surface area contributed by atoms with Gasteiger partial charge >= 0.3 is 5.97 Å². The van der Waals surface area contributed by atoms with Crippen LogP contribution >= 0.6 is 23.2 Å². The van der Waals surface area contributed by atoms with Gasteiger partial charge in [0.05, 0.1) is 5.02 Å². The first-order chi connectivity index (χ1) is 13.5. The fraction of sp³-hybridized carbons (Fsp3) is 0.0909. The molecular weight excluding hydrogens is 399 g/mol. The number of benzene rings is 3. The molecule has 0 aliphatic heterocycles. The summed E-state index contributed by atoms with van der Waals surface area (Å²) in [6.45, 7) is -0.145. The van der Waals surface area contributed by atoms with Crippen LogP contribution in [-0.2, 0) is 11.3 Å². The zero-order chi connectivity index (χ0) is 19.9. The van der Waals surface area contributed by atoms with Crippen LogP contribution in [0.1, 0.15) is 26.3 Å². The molecule has 142 valence electrons. The molecule has 0 atom stereocenters. The molecule has 3 aromatic carbocycles. The summed E-state index contributed by atoms with van der Waals surface area (Å²) in [7, 11) is 0. The summed E-state index contributed by atoms with van der Waals surface area (Å²) in [6.07, 6.45) is 0. The smallest absolute Gasteiger partial charge is 0.342 e. The predicted molar refractivity (Wildman–Crippen MR) is 108 cm³/mol. The normalized spacial score (nSPS) is 10.4. The largest absolute Gasteiger partial charge is 0.488 e. The maximum absolute atomic E-state index is 12.4. The van der Waals surface area contributed by atoms with Gasteiger partial charge in [0.2, 0.25) is 5.78 Å². The summed E-state index contributed by atoms with van der Waals surface area (Å²) < 4.78 is 10.9. The zero-order valence-corrected chi connectivity index (χ0v) is 16.2. The highest BCUT2D eigenvalue weighted by molar-refractivity contribution is 6.34. The Labute approximate surface area is 172 Å². The molecule has 3 rings (SSSR count). The standard InChI is InChI=1S/C22H16Cl2O4/c23-16-11-9-15(10-12-16)13-27-21-8-4-2-6-18(21)22(26)28-14-20(25)17-5-1-3-7-19(17)24/h1-12H,13-14H2. The molecule has 0 aliphatic rings. The van der Waals surface area contributed by atoms with Gasteiger partial charge in [-0.25, -0.2) is 4.79 Å². The molecule has 0 bridgehead atoms. The van der Waals surface area contributed by atoms with Gasteiger partial charge in [-0.3, -0.25) is 4.79 Å². The third kappa shape index (κ3) is 5.12. The molecule has 0 saturated carbocycles. The molecule has 0 N–H and O–H groups in total. The highest BCUT2D eigenvalue weighted by Gasteiger charge is 2.17. The Morgan fingerprint density at radius 3 is 2.14 bits per heavy atom. The summed E-state index contributed by atoms with van der Waals surface area (Å²) in [4.78, 5) is 24.7. The van der Waals surface area contributed by atoms with Crippen molar-refractivity contribution in [3.8, 4) is 5.75 Å². The van der Waals surface area contributed by atoms with E-state index >= 15 is 0 Å². The van der Waals surface area contributed by atoms with E-state index in [-0.39, 0.29) is 18.0 Å². The number of hydrogen-bond donors (Lipinski definition) is 0. The van der Waals surface area contributed by atoms with Crippen LogP contribution in [0.4, 0.5) is 0 Å². The van der Waals surface area contributed by atoms with Crippen LogP contribution in [0.15, 0.2) is 72.8 Å². The van der Waals surface area contributed by atoms with E-state index < -0.39 is 12.6 Å². The fourth-order valence-electron chi connectivity index (χ4n) is 2.48. The van der Waals surface area contributed by atoms with E-state index in [1.807, 2.05) is 12.1 Å². The second-order valence-corrected chi connectivity index (χ2v) is 6.73. The zero-order valence-electron chi connectivity index (χ0n) is 14.7. The average molecular weight is 415 g/mol. The Morgan fingerprint density at radius 1 is 0.786 bits per heavy atom. The first kappa shape index (κ1) is 19.9. The number of carbonyl (C=O) groups excluding carboxylic acids is 2. The van der Waals surface area contributed by atoms with Crippen molar-refractivity contribution < 1.29 is 19.1 Å². The molecule has 0 spiro atoms. The molecule has 3 aromatic rings. The second kappa shape index (κ2) is 9.40. The molecule has 0 radical (unpaired) electrons. The van der Waals surface area contributed by atoms with Gasteiger partial charge in [0.25, 0.3) is 0 Å². The number of para-hydroxylation sites is 1. The quantitative estimate of drug-likeness (QED) is 0.372. The average Bonchev–Trinajstić information content (AvgIpc) is 2.72. The van der Waals surface area contributed by atoms with Crippen molar-refractivity contribution in [3.63, 3.8) is 0 Å². The van der Waals surface area contributed by atoms with E-state index in [4.69, 9.17) is 32.7 Å². The number of halogens is 2. The Hall–Kier alpha value is -2.82. The van der Waals surface area contributed by atoms with E-state index in [9.17, 15) is 9.59 Å². The Bertz CT molecular complexity index is 984. The van der Waals surface area contributed by atoms with Crippen molar-refractivity contribution in [2.24, 2.45) is 0 Å². The Kier molecular flexibility index (Phi) is 6.69. The van der Waals surface area contributed by atoms with E-state index in [0.29, 0.717) is 21.4 Å². The third-order valence-corrected chi connectivity index (χ3v) is 4.50. The number of Topliss-reactive ketones (excluding diaryl/α,β-unsaturated/α-hetero) is 1. The fourth-order valence-corrected chi connectivity index (χ4v) is 2.84. The Balaban J connectivity index is 1.64. The molecule has 0 aliphatic carbocycles. The first-order valence-corrected chi connectivity index (χ1v) is 9.21. The highest BCUT2D eigenvalue weighted by atomic mass is 35.5. The number of rotatable bonds is 7. The minimum Gasteiger partial charge on any atom is -0.488 e. The van der Waals surface area contributed by atoms with Crippen LogP contribution in [0.3, 0.4) is 0 Å². The van der Waals surface area contributed by atoms with Gasteiger partial charge in [-0.2, -0.15) is 0 Å². The molecule has 4 nitrogen and oxygen atoms in total. The lowest BCUT2D eigenvalue weighted by atomic mass is 10.1. The van der Waals surface area contributed by atoms with Gasteiger partial charge in [-0.15, -0.1) is 0 Å². The number of ether oxygens (including phenoxy) is 2. The van der Waals surface area contributed by atoms with Gasteiger partial charge < -0.3 is 9.47 Å². The minimum absolute atomic E-state index is 0.239. The van der Waals surface area contributed by atoms with Gasteiger partial charge in [0.1, 0.15) is 17.9 Å². The van der Waals surface area contributed by atoms with Crippen LogP contribution in [0, 0.1) is 0 Å². The molecule has 6 heteroatoms. The summed E-state index contributed by atoms with van der Waals surface area (Å²) >= 11 is 11.9. The number of esters is 1. The lowest BCUT2D eigenvalue weighted by Gasteiger charge is -2.11. The van der Waals surface area contributed by atoms with Gasteiger partial charge in [-0.1, -0.05) is 59.6 Å². The molecule has 0 fully saturated rings. The first-order valence-electron chi connectivity index (χ1n) is 8.45. The van der Waals surface area contributed by atoms with Crippen LogP contribution < -0.4 is 4.74 Å². The van der Waals surface area contributed by atoms with E-state index in [1.165, 1.54) is 0 Å². The van der Waals surface area contributed by atoms with Gasteiger partial charge in [0, 0.05) is 10.6 Å². The molecule has 0 heterocycles. The van der Waals surface area contributed by atoms with Crippen molar-refractivity contribution in [1.82, 2.24) is 0 Å². The maximum atomic E-state index is 12.4. The lowest BCUT2D eigenvalue weighted by molar-refractivity contribution is 0.0470. The summed E-state index contributed by atoms with van der Waals surface area (Å²) in [5.41, 5.74) is 1.45. The summed E-state index contributed by atoms with van der Waals surface area (Å²) in [6, 6.07) is 20.5. The molecule has 0 aromatic heterocycles. The highest BCUT2D eigenvalue weighted by Crippen LogP contribution is 2.21. The van der Waals surface area contributed by atoms with E-state index in [1.54, 1.807) is 60.7 Å². The number of ketones is 1. The van der Waals surface area contributed by atoms with Crippen LogP contribution in [0.5, 0.6) is 5.75 Å². The third-order valence-electron chi connectivity index (χ3n) is 3.92. The van der Waals surface area contributed by atoms with Crippen molar-refractivity contribution in [3.05, 3.63) is 99.5 Å². The van der Waals surface area contributed by atoms with E-state index in [2.05, 4.69) is 0 Å². The van der Waals surface area contributed by atoms with Gasteiger partial charge in [0.15, 0.2) is 6.61 Å². The van der Waals surface area contributed by atoms with Crippen LogP contribution in [-0.4, -0.2) is 18.4 Å². The van der Waals surface area contributed by atoms with Crippen molar-refractivity contribution in [1.29, 1.82) is 0 Å². The molecule has 0 unspecified atom stereocenters. The predicted octanol–water partition coefficient (Wildman–Crippen LogP) is 5.61.